The van der Waals surface area contributed by atoms with Crippen molar-refractivity contribution in [3.63, 3.8) is 0 Å². The van der Waals surface area contributed by atoms with Crippen molar-refractivity contribution < 1.29 is 9.53 Å². The second-order valence-electron chi connectivity index (χ2n) is 6.13. The summed E-state index contributed by atoms with van der Waals surface area (Å²) in [6.45, 7) is 1.23. The lowest BCUT2D eigenvalue weighted by molar-refractivity contribution is 0.0816. The zero-order valence-corrected chi connectivity index (χ0v) is 15.3. The molecular formula is C17H18N6O2S. The van der Waals surface area contributed by atoms with Crippen molar-refractivity contribution in [3.8, 4) is 16.3 Å². The third-order valence-corrected chi connectivity index (χ3v) is 4.95. The van der Waals surface area contributed by atoms with Gasteiger partial charge in [0, 0.05) is 31.5 Å². The molecular weight excluding hydrogens is 352 g/mol. The number of aromatic nitrogens is 4. The number of amides is 1. The standard InChI is InChI=1S/C17H18N6O2S/c1-23(2)16(24)14-20-17(22-21-14)18-8-12-9-26-15(19-12)11-3-4-13-10(7-11)5-6-25-13/h3-4,7,9H,5-6,8H2,1-2H3,(H2,18,20,21,22). The lowest BCUT2D eigenvalue weighted by Crippen LogP contribution is -2.22. The van der Waals surface area contributed by atoms with E-state index >= 15 is 0 Å². The first-order valence-electron chi connectivity index (χ1n) is 8.18. The number of nitrogens with one attached hydrogen (secondary N) is 2. The topological polar surface area (TPSA) is 96.0 Å². The number of ether oxygens (including phenoxy) is 1. The molecule has 26 heavy (non-hydrogen) atoms. The number of carbonyl (C=O) groups excluding carboxylic acids is 1. The third-order valence-electron chi connectivity index (χ3n) is 4.01. The molecule has 2 N–H and O–H groups in total. The second kappa shape index (κ2) is 6.75. The van der Waals surface area contributed by atoms with Crippen LogP contribution in [0.4, 0.5) is 5.95 Å². The predicted octanol–water partition coefficient (Wildman–Crippen LogP) is 2.18. The highest BCUT2D eigenvalue weighted by Crippen LogP contribution is 2.31. The van der Waals surface area contributed by atoms with E-state index in [0.29, 0.717) is 12.5 Å². The Labute approximate surface area is 154 Å². The number of anilines is 1. The third kappa shape index (κ3) is 3.25. The molecule has 0 atom stereocenters. The minimum absolute atomic E-state index is 0.205. The Morgan fingerprint density at radius 1 is 1.38 bits per heavy atom. The molecule has 3 heterocycles. The molecule has 0 radical (unpaired) electrons. The van der Waals surface area contributed by atoms with Gasteiger partial charge in [0.05, 0.1) is 18.8 Å². The Morgan fingerprint density at radius 3 is 3.12 bits per heavy atom. The van der Waals surface area contributed by atoms with Crippen LogP contribution in [0.2, 0.25) is 0 Å². The fraction of sp³-hybridized carbons (Fsp3) is 0.294. The molecule has 0 aliphatic carbocycles. The minimum Gasteiger partial charge on any atom is -0.493 e. The molecule has 0 saturated carbocycles. The van der Waals surface area contributed by atoms with Gasteiger partial charge in [-0.3, -0.25) is 9.89 Å². The first kappa shape index (κ1) is 16.5. The molecule has 1 aliphatic rings. The molecule has 1 aromatic carbocycles. The molecule has 4 rings (SSSR count). The van der Waals surface area contributed by atoms with Crippen molar-refractivity contribution in [3.05, 3.63) is 40.7 Å². The molecule has 0 unspecified atom stereocenters. The zero-order chi connectivity index (χ0) is 18.1. The van der Waals surface area contributed by atoms with Crippen LogP contribution in [-0.4, -0.2) is 51.7 Å². The molecule has 1 aliphatic heterocycles. The van der Waals surface area contributed by atoms with Crippen molar-refractivity contribution in [2.45, 2.75) is 13.0 Å². The van der Waals surface area contributed by atoms with E-state index in [2.05, 4.69) is 31.5 Å². The van der Waals surface area contributed by atoms with Crippen LogP contribution in [0.1, 0.15) is 21.9 Å². The van der Waals surface area contributed by atoms with E-state index in [1.54, 1.807) is 25.4 Å². The highest BCUT2D eigenvalue weighted by atomic mass is 32.1. The van der Waals surface area contributed by atoms with Gasteiger partial charge in [-0.1, -0.05) is 0 Å². The first-order chi connectivity index (χ1) is 12.6. The second-order valence-corrected chi connectivity index (χ2v) is 6.98. The van der Waals surface area contributed by atoms with Gasteiger partial charge >= 0.3 is 0 Å². The highest BCUT2D eigenvalue weighted by molar-refractivity contribution is 7.13. The molecule has 3 aromatic rings. The number of benzene rings is 1. The van der Waals surface area contributed by atoms with Crippen LogP contribution in [0.25, 0.3) is 10.6 Å². The largest absolute Gasteiger partial charge is 0.493 e. The maximum atomic E-state index is 11.8. The van der Waals surface area contributed by atoms with Crippen molar-refractivity contribution in [2.75, 3.05) is 26.0 Å². The van der Waals surface area contributed by atoms with Gasteiger partial charge in [-0.15, -0.1) is 16.4 Å². The highest BCUT2D eigenvalue weighted by Gasteiger charge is 2.15. The molecule has 2 aromatic heterocycles. The SMILES string of the molecule is CN(C)C(=O)c1nc(NCc2csc(-c3ccc4c(c3)CCO4)n2)n[nH]1. The smallest absolute Gasteiger partial charge is 0.290 e. The van der Waals surface area contributed by atoms with Crippen molar-refractivity contribution in [2.24, 2.45) is 0 Å². The summed E-state index contributed by atoms with van der Waals surface area (Å²) in [6, 6.07) is 6.19. The average molecular weight is 370 g/mol. The number of thiazole rings is 1. The lowest BCUT2D eigenvalue weighted by Gasteiger charge is -2.05. The summed E-state index contributed by atoms with van der Waals surface area (Å²) in [4.78, 5) is 22.1. The van der Waals surface area contributed by atoms with Gasteiger partial charge in [-0.05, 0) is 23.8 Å². The van der Waals surface area contributed by atoms with Gasteiger partial charge in [0.2, 0.25) is 11.8 Å². The number of fused-ring (bicyclic) bond motifs is 1. The molecule has 1 amide bonds. The number of carbonyl (C=O) groups is 1. The molecule has 0 spiro atoms. The van der Waals surface area contributed by atoms with Gasteiger partial charge in [-0.2, -0.15) is 4.98 Å². The summed E-state index contributed by atoms with van der Waals surface area (Å²) in [5.41, 5.74) is 3.23. The first-order valence-corrected chi connectivity index (χ1v) is 9.06. The van der Waals surface area contributed by atoms with Crippen LogP contribution in [0.5, 0.6) is 5.75 Å². The molecule has 8 nitrogen and oxygen atoms in total. The van der Waals surface area contributed by atoms with E-state index in [1.807, 2.05) is 17.5 Å². The number of hydrogen-bond acceptors (Lipinski definition) is 7. The van der Waals surface area contributed by atoms with E-state index < -0.39 is 0 Å². The Bertz CT molecular complexity index is 948. The predicted molar refractivity (Wildman–Crippen MR) is 98.5 cm³/mol. The summed E-state index contributed by atoms with van der Waals surface area (Å²) in [5, 5.41) is 12.7. The molecule has 0 bridgehead atoms. The molecule has 0 fully saturated rings. The van der Waals surface area contributed by atoms with E-state index in [4.69, 9.17) is 4.74 Å². The van der Waals surface area contributed by atoms with Crippen LogP contribution in [0.3, 0.4) is 0 Å². The summed E-state index contributed by atoms with van der Waals surface area (Å²) in [5.74, 6) is 1.33. The maximum absolute atomic E-state index is 11.8. The Hall–Kier alpha value is -2.94. The number of H-pyrrole nitrogens is 1. The quantitative estimate of drug-likeness (QED) is 0.715. The lowest BCUT2D eigenvalue weighted by atomic mass is 10.1. The number of rotatable bonds is 5. The van der Waals surface area contributed by atoms with Gasteiger partial charge in [0.15, 0.2) is 0 Å². The Balaban J connectivity index is 1.42. The maximum Gasteiger partial charge on any atom is 0.290 e. The van der Waals surface area contributed by atoms with Crippen LogP contribution >= 0.6 is 11.3 Å². The van der Waals surface area contributed by atoms with Gasteiger partial charge in [0.25, 0.3) is 5.91 Å². The van der Waals surface area contributed by atoms with E-state index in [1.165, 1.54) is 10.5 Å². The number of aromatic amines is 1. The minimum atomic E-state index is -0.220. The van der Waals surface area contributed by atoms with Gasteiger partial charge < -0.3 is 15.0 Å². The van der Waals surface area contributed by atoms with Gasteiger partial charge in [-0.25, -0.2) is 4.98 Å². The Kier molecular flexibility index (Phi) is 4.29. The number of hydrogen-bond donors (Lipinski definition) is 2. The average Bonchev–Trinajstić information content (AvgIpc) is 3.37. The zero-order valence-electron chi connectivity index (χ0n) is 14.4. The summed E-state index contributed by atoms with van der Waals surface area (Å²) in [6.07, 6.45) is 0.946. The summed E-state index contributed by atoms with van der Waals surface area (Å²) < 4.78 is 5.54. The van der Waals surface area contributed by atoms with Gasteiger partial charge in [0.1, 0.15) is 10.8 Å². The van der Waals surface area contributed by atoms with E-state index in [0.717, 1.165) is 35.0 Å². The van der Waals surface area contributed by atoms with Crippen LogP contribution in [-0.2, 0) is 13.0 Å². The van der Waals surface area contributed by atoms with Crippen LogP contribution < -0.4 is 10.1 Å². The van der Waals surface area contributed by atoms with Crippen molar-refractivity contribution in [1.82, 2.24) is 25.1 Å². The van der Waals surface area contributed by atoms with Crippen molar-refractivity contribution >= 4 is 23.2 Å². The van der Waals surface area contributed by atoms with Crippen molar-refractivity contribution in [1.29, 1.82) is 0 Å². The monoisotopic (exact) mass is 370 g/mol. The summed E-state index contributed by atoms with van der Waals surface area (Å²) in [7, 11) is 3.33. The van der Waals surface area contributed by atoms with E-state index in [-0.39, 0.29) is 11.7 Å². The fourth-order valence-corrected chi connectivity index (χ4v) is 3.47. The molecule has 0 saturated heterocycles. The molecule has 9 heteroatoms. The normalized spacial score (nSPS) is 12.5. The Morgan fingerprint density at radius 2 is 2.27 bits per heavy atom. The fourth-order valence-electron chi connectivity index (χ4n) is 2.66. The van der Waals surface area contributed by atoms with Crippen LogP contribution in [0, 0.1) is 0 Å². The van der Waals surface area contributed by atoms with E-state index in [9.17, 15) is 4.79 Å². The van der Waals surface area contributed by atoms with Crippen LogP contribution in [0.15, 0.2) is 23.6 Å². The molecule has 134 valence electrons. The summed E-state index contributed by atoms with van der Waals surface area (Å²) >= 11 is 1.60. The number of nitrogens with zero attached hydrogens (tertiary/aromatic N) is 4.